The van der Waals surface area contributed by atoms with E-state index in [9.17, 15) is 0 Å². The predicted octanol–water partition coefficient (Wildman–Crippen LogP) is 2.02. The van der Waals surface area contributed by atoms with Gasteiger partial charge in [0.2, 0.25) is 0 Å². The summed E-state index contributed by atoms with van der Waals surface area (Å²) in [6, 6.07) is 1.49. The van der Waals surface area contributed by atoms with Crippen LogP contribution in [-0.2, 0) is 4.74 Å². The van der Waals surface area contributed by atoms with Gasteiger partial charge in [-0.1, -0.05) is 6.92 Å². The van der Waals surface area contributed by atoms with Gasteiger partial charge in [0.1, 0.15) is 0 Å². The Bertz CT molecular complexity index is 212. The van der Waals surface area contributed by atoms with Gasteiger partial charge in [0.25, 0.3) is 0 Å². The van der Waals surface area contributed by atoms with Gasteiger partial charge in [0, 0.05) is 31.8 Å². The minimum Gasteiger partial charge on any atom is -0.377 e. The number of ether oxygens (including phenoxy) is 1. The fourth-order valence-corrected chi connectivity index (χ4v) is 2.62. The van der Waals surface area contributed by atoms with E-state index in [-0.39, 0.29) is 0 Å². The lowest BCUT2D eigenvalue weighted by Gasteiger charge is -2.32. The fraction of sp³-hybridized carbons (Fsp3) is 1.00. The van der Waals surface area contributed by atoms with Crippen LogP contribution in [0.15, 0.2) is 0 Å². The van der Waals surface area contributed by atoms with Crippen molar-refractivity contribution in [3.8, 4) is 0 Å². The highest BCUT2D eigenvalue weighted by atomic mass is 16.5. The largest absolute Gasteiger partial charge is 0.377 e. The summed E-state index contributed by atoms with van der Waals surface area (Å²) in [7, 11) is 2.25. The van der Waals surface area contributed by atoms with Gasteiger partial charge in [0.05, 0.1) is 6.10 Å². The molecule has 2 atom stereocenters. The Morgan fingerprint density at radius 3 is 2.71 bits per heavy atom. The van der Waals surface area contributed by atoms with Crippen molar-refractivity contribution in [2.45, 2.75) is 63.6 Å². The zero-order chi connectivity index (χ0) is 12.1. The van der Waals surface area contributed by atoms with Crippen LogP contribution in [0.5, 0.6) is 0 Å². The number of nitrogens with zero attached hydrogens (tertiary/aromatic N) is 1. The van der Waals surface area contributed by atoms with E-state index in [1.54, 1.807) is 0 Å². The quantitative estimate of drug-likeness (QED) is 0.737. The Balaban J connectivity index is 1.68. The van der Waals surface area contributed by atoms with E-state index in [1.165, 1.54) is 38.5 Å². The average Bonchev–Trinajstić information content (AvgIpc) is 3.15. The Morgan fingerprint density at radius 2 is 2.12 bits per heavy atom. The molecule has 2 unspecified atom stereocenters. The molecule has 0 amide bonds. The van der Waals surface area contributed by atoms with E-state index in [0.29, 0.717) is 12.1 Å². The first kappa shape index (κ1) is 13.3. The minimum absolute atomic E-state index is 0.476. The molecule has 0 aromatic rings. The standard InChI is InChI=1S/C14H28N2O/c1-3-13(10-15-12-7-8-12)16(2)11-14-6-4-5-9-17-14/h12-15H,3-11H2,1-2H3. The van der Waals surface area contributed by atoms with Crippen LogP contribution in [0.25, 0.3) is 0 Å². The lowest BCUT2D eigenvalue weighted by molar-refractivity contribution is -0.00837. The van der Waals surface area contributed by atoms with Crippen molar-refractivity contribution in [3.63, 3.8) is 0 Å². The maximum Gasteiger partial charge on any atom is 0.0702 e. The molecular weight excluding hydrogens is 212 g/mol. The molecule has 3 nitrogen and oxygen atoms in total. The summed E-state index contributed by atoms with van der Waals surface area (Å²) in [6.45, 7) is 5.50. The number of hydrogen-bond donors (Lipinski definition) is 1. The van der Waals surface area contributed by atoms with Gasteiger partial charge in [-0.3, -0.25) is 4.90 Å². The van der Waals surface area contributed by atoms with Crippen molar-refractivity contribution in [2.24, 2.45) is 0 Å². The Hall–Kier alpha value is -0.120. The summed E-state index contributed by atoms with van der Waals surface area (Å²) in [6.07, 6.45) is 8.30. The zero-order valence-corrected chi connectivity index (χ0v) is 11.5. The molecule has 1 aliphatic heterocycles. The third kappa shape index (κ3) is 4.57. The molecular formula is C14H28N2O. The van der Waals surface area contributed by atoms with Gasteiger partial charge in [-0.2, -0.15) is 0 Å². The van der Waals surface area contributed by atoms with Gasteiger partial charge in [-0.15, -0.1) is 0 Å². The van der Waals surface area contributed by atoms with E-state index in [1.807, 2.05) is 0 Å². The molecule has 1 saturated heterocycles. The third-order valence-corrected chi connectivity index (χ3v) is 4.08. The molecule has 0 bridgehead atoms. The molecule has 0 aromatic carbocycles. The second-order valence-corrected chi connectivity index (χ2v) is 5.67. The molecule has 0 aromatic heterocycles. The number of rotatable bonds is 7. The van der Waals surface area contributed by atoms with Crippen molar-refractivity contribution >= 4 is 0 Å². The van der Waals surface area contributed by atoms with Crippen LogP contribution in [0.1, 0.15) is 45.4 Å². The molecule has 2 aliphatic rings. The van der Waals surface area contributed by atoms with Crippen LogP contribution in [0.4, 0.5) is 0 Å². The summed E-state index contributed by atoms with van der Waals surface area (Å²) < 4.78 is 5.82. The Morgan fingerprint density at radius 1 is 1.29 bits per heavy atom. The van der Waals surface area contributed by atoms with Gasteiger partial charge < -0.3 is 10.1 Å². The molecule has 1 heterocycles. The van der Waals surface area contributed by atoms with Crippen molar-refractivity contribution in [3.05, 3.63) is 0 Å². The summed E-state index contributed by atoms with van der Waals surface area (Å²) >= 11 is 0. The SMILES string of the molecule is CCC(CNC1CC1)N(C)CC1CCCCO1. The summed E-state index contributed by atoms with van der Waals surface area (Å²) in [5.74, 6) is 0. The Kier molecular flexibility index (Phi) is 5.26. The van der Waals surface area contributed by atoms with Crippen LogP contribution in [0, 0.1) is 0 Å². The van der Waals surface area contributed by atoms with E-state index >= 15 is 0 Å². The van der Waals surface area contributed by atoms with Crippen molar-refractivity contribution in [1.82, 2.24) is 10.2 Å². The maximum atomic E-state index is 5.82. The van der Waals surface area contributed by atoms with Crippen molar-refractivity contribution < 1.29 is 4.74 Å². The van der Waals surface area contributed by atoms with E-state index in [2.05, 4.69) is 24.2 Å². The predicted molar refractivity (Wildman–Crippen MR) is 71.3 cm³/mol. The summed E-state index contributed by atoms with van der Waals surface area (Å²) in [4.78, 5) is 2.49. The van der Waals surface area contributed by atoms with Crippen LogP contribution in [0.3, 0.4) is 0 Å². The lowest BCUT2D eigenvalue weighted by atomic mass is 10.1. The lowest BCUT2D eigenvalue weighted by Crippen LogP contribution is -2.44. The van der Waals surface area contributed by atoms with Gasteiger partial charge >= 0.3 is 0 Å². The van der Waals surface area contributed by atoms with Crippen molar-refractivity contribution in [2.75, 3.05) is 26.7 Å². The van der Waals surface area contributed by atoms with E-state index < -0.39 is 0 Å². The van der Waals surface area contributed by atoms with Crippen LogP contribution in [0.2, 0.25) is 0 Å². The molecule has 17 heavy (non-hydrogen) atoms. The van der Waals surface area contributed by atoms with Crippen LogP contribution >= 0.6 is 0 Å². The Labute approximate surface area is 106 Å². The molecule has 100 valence electrons. The van der Waals surface area contributed by atoms with Gasteiger partial charge in [-0.05, 0) is 45.6 Å². The molecule has 1 aliphatic carbocycles. The molecule has 2 fully saturated rings. The monoisotopic (exact) mass is 240 g/mol. The molecule has 2 rings (SSSR count). The van der Waals surface area contributed by atoms with Crippen LogP contribution < -0.4 is 5.32 Å². The second kappa shape index (κ2) is 6.72. The van der Waals surface area contributed by atoms with E-state index in [4.69, 9.17) is 4.74 Å². The summed E-state index contributed by atoms with van der Waals surface area (Å²) in [5, 5.41) is 3.64. The average molecular weight is 240 g/mol. The fourth-order valence-electron chi connectivity index (χ4n) is 2.62. The number of nitrogens with one attached hydrogen (secondary N) is 1. The van der Waals surface area contributed by atoms with E-state index in [0.717, 1.165) is 25.7 Å². The van der Waals surface area contributed by atoms with Gasteiger partial charge in [0.15, 0.2) is 0 Å². The molecule has 1 N–H and O–H groups in total. The molecule has 0 spiro atoms. The zero-order valence-electron chi connectivity index (χ0n) is 11.5. The minimum atomic E-state index is 0.476. The highest BCUT2D eigenvalue weighted by Gasteiger charge is 2.24. The number of likely N-dealkylation sites (N-methyl/N-ethyl adjacent to an activating group) is 1. The number of hydrogen-bond acceptors (Lipinski definition) is 3. The molecule has 3 heteroatoms. The van der Waals surface area contributed by atoms with Crippen LogP contribution in [-0.4, -0.2) is 49.8 Å². The first-order chi connectivity index (χ1) is 8.29. The topological polar surface area (TPSA) is 24.5 Å². The second-order valence-electron chi connectivity index (χ2n) is 5.67. The first-order valence-corrected chi connectivity index (χ1v) is 7.34. The highest BCUT2D eigenvalue weighted by molar-refractivity contribution is 4.84. The highest BCUT2D eigenvalue weighted by Crippen LogP contribution is 2.19. The van der Waals surface area contributed by atoms with Gasteiger partial charge in [-0.25, -0.2) is 0 Å². The third-order valence-electron chi connectivity index (χ3n) is 4.08. The van der Waals surface area contributed by atoms with Crippen molar-refractivity contribution in [1.29, 1.82) is 0 Å². The molecule has 1 saturated carbocycles. The molecule has 0 radical (unpaired) electrons. The smallest absolute Gasteiger partial charge is 0.0702 e. The normalized spacial score (nSPS) is 27.4. The maximum absolute atomic E-state index is 5.82. The summed E-state index contributed by atoms with van der Waals surface area (Å²) in [5.41, 5.74) is 0. The first-order valence-electron chi connectivity index (χ1n) is 7.34.